The highest BCUT2D eigenvalue weighted by Gasteiger charge is 2.23. The quantitative estimate of drug-likeness (QED) is 0.556. The summed E-state index contributed by atoms with van der Waals surface area (Å²) in [4.78, 5) is 12.5. The van der Waals surface area contributed by atoms with E-state index in [9.17, 15) is 13.2 Å². The van der Waals surface area contributed by atoms with E-state index in [1.54, 1.807) is 0 Å². The van der Waals surface area contributed by atoms with Crippen LogP contribution in [0.5, 0.6) is 0 Å². The Morgan fingerprint density at radius 3 is 2.26 bits per heavy atom. The molecule has 0 saturated carbocycles. The molecule has 0 unspecified atom stereocenters. The van der Waals surface area contributed by atoms with Gasteiger partial charge in [-0.3, -0.25) is 9.20 Å². The molecule has 2 aromatic heterocycles. The maximum Gasteiger partial charge on any atom is 0.241 e. The fraction of sp³-hybridized carbons (Fsp3) is 0.409. The number of nitrogens with zero attached hydrogens (tertiary/aromatic N) is 3. The van der Waals surface area contributed by atoms with E-state index in [4.69, 9.17) is 0 Å². The van der Waals surface area contributed by atoms with Gasteiger partial charge in [-0.05, 0) is 74.6 Å². The van der Waals surface area contributed by atoms with Gasteiger partial charge in [-0.1, -0.05) is 6.07 Å². The number of rotatable bonds is 8. The first-order valence-electron chi connectivity index (χ1n) is 10.3. The number of pyridine rings is 1. The average molecular weight is 444 g/mol. The Hall–Kier alpha value is -2.78. The van der Waals surface area contributed by atoms with E-state index in [0.29, 0.717) is 17.9 Å². The van der Waals surface area contributed by atoms with Crippen LogP contribution in [-0.4, -0.2) is 42.0 Å². The van der Waals surface area contributed by atoms with Crippen LogP contribution in [0.25, 0.3) is 5.65 Å². The van der Waals surface area contributed by atoms with Gasteiger partial charge in [0.05, 0.1) is 4.90 Å². The Bertz CT molecular complexity index is 1200. The first kappa shape index (κ1) is 22.9. The van der Waals surface area contributed by atoms with E-state index in [2.05, 4.69) is 20.2 Å². The van der Waals surface area contributed by atoms with Gasteiger partial charge in [0.1, 0.15) is 5.82 Å². The fourth-order valence-corrected chi connectivity index (χ4v) is 5.33. The van der Waals surface area contributed by atoms with E-state index in [-0.39, 0.29) is 18.9 Å². The number of fused-ring (bicyclic) bond motifs is 1. The number of nitrogens with one attached hydrogen (secondary N) is 2. The zero-order valence-electron chi connectivity index (χ0n) is 18.6. The largest absolute Gasteiger partial charge is 0.356 e. The predicted octanol–water partition coefficient (Wildman–Crippen LogP) is 2.30. The van der Waals surface area contributed by atoms with E-state index < -0.39 is 10.0 Å². The maximum absolute atomic E-state index is 12.9. The molecule has 0 aliphatic heterocycles. The van der Waals surface area contributed by atoms with Gasteiger partial charge in [-0.25, -0.2) is 13.1 Å². The van der Waals surface area contributed by atoms with Crippen molar-refractivity contribution in [3.8, 4) is 0 Å². The number of aromatic nitrogens is 3. The fourth-order valence-electron chi connectivity index (χ4n) is 3.70. The van der Waals surface area contributed by atoms with Gasteiger partial charge in [0.15, 0.2) is 5.65 Å². The van der Waals surface area contributed by atoms with Crippen molar-refractivity contribution in [2.45, 2.75) is 52.4 Å². The number of sulfonamides is 1. The minimum atomic E-state index is -3.71. The van der Waals surface area contributed by atoms with Crippen molar-refractivity contribution < 1.29 is 13.2 Å². The second-order valence-corrected chi connectivity index (χ2v) is 9.45. The summed E-state index contributed by atoms with van der Waals surface area (Å²) < 4.78 is 30.3. The summed E-state index contributed by atoms with van der Waals surface area (Å²) >= 11 is 0. The second-order valence-electron chi connectivity index (χ2n) is 7.75. The number of hydrogen-bond donors (Lipinski definition) is 2. The second kappa shape index (κ2) is 9.15. The highest BCUT2D eigenvalue weighted by Crippen LogP contribution is 2.29. The Morgan fingerprint density at radius 2 is 1.58 bits per heavy atom. The van der Waals surface area contributed by atoms with Crippen molar-refractivity contribution in [3.63, 3.8) is 0 Å². The van der Waals surface area contributed by atoms with Crippen LogP contribution < -0.4 is 10.0 Å². The molecule has 0 aliphatic carbocycles. The van der Waals surface area contributed by atoms with Gasteiger partial charge in [0, 0.05) is 32.1 Å². The molecule has 2 heterocycles. The smallest absolute Gasteiger partial charge is 0.241 e. The zero-order valence-corrected chi connectivity index (χ0v) is 19.4. The zero-order chi connectivity index (χ0) is 22.8. The SMILES string of the molecule is Cc1c(C)c(C)c(S(=O)(=O)NCCC(=O)NCCc2nnc3ccccn23)c(C)c1C. The lowest BCUT2D eigenvalue weighted by Gasteiger charge is -2.19. The van der Waals surface area contributed by atoms with Crippen LogP contribution in [0.1, 0.15) is 40.1 Å². The number of amides is 1. The van der Waals surface area contributed by atoms with Crippen molar-refractivity contribution in [2.24, 2.45) is 0 Å². The van der Waals surface area contributed by atoms with Crippen LogP contribution >= 0.6 is 0 Å². The maximum atomic E-state index is 12.9. The molecule has 1 amide bonds. The molecule has 8 nitrogen and oxygen atoms in total. The van der Waals surface area contributed by atoms with Gasteiger partial charge in [-0.15, -0.1) is 10.2 Å². The lowest BCUT2D eigenvalue weighted by atomic mass is 9.95. The molecule has 9 heteroatoms. The molecule has 31 heavy (non-hydrogen) atoms. The van der Waals surface area contributed by atoms with Crippen LogP contribution in [0, 0.1) is 34.6 Å². The molecule has 0 atom stereocenters. The molecular weight excluding hydrogens is 414 g/mol. The monoisotopic (exact) mass is 443 g/mol. The van der Waals surface area contributed by atoms with E-state index >= 15 is 0 Å². The van der Waals surface area contributed by atoms with Gasteiger partial charge in [0.2, 0.25) is 15.9 Å². The topological polar surface area (TPSA) is 105 Å². The molecule has 0 bridgehead atoms. The molecule has 3 rings (SSSR count). The van der Waals surface area contributed by atoms with Gasteiger partial charge < -0.3 is 5.32 Å². The van der Waals surface area contributed by atoms with Gasteiger partial charge in [0.25, 0.3) is 0 Å². The van der Waals surface area contributed by atoms with Crippen molar-refractivity contribution in [1.29, 1.82) is 0 Å². The van der Waals surface area contributed by atoms with Crippen molar-refractivity contribution in [3.05, 3.63) is 58.0 Å². The van der Waals surface area contributed by atoms with Crippen LogP contribution in [-0.2, 0) is 21.2 Å². The van der Waals surface area contributed by atoms with Crippen molar-refractivity contribution in [1.82, 2.24) is 24.6 Å². The Kier molecular flexibility index (Phi) is 6.76. The minimum Gasteiger partial charge on any atom is -0.356 e. The highest BCUT2D eigenvalue weighted by molar-refractivity contribution is 7.89. The minimum absolute atomic E-state index is 0.0346. The van der Waals surface area contributed by atoms with Crippen LogP contribution in [0.4, 0.5) is 0 Å². The van der Waals surface area contributed by atoms with Crippen LogP contribution in [0.2, 0.25) is 0 Å². The Balaban J connectivity index is 1.54. The van der Waals surface area contributed by atoms with E-state index in [1.165, 1.54) is 0 Å². The summed E-state index contributed by atoms with van der Waals surface area (Å²) in [6.07, 6.45) is 2.46. The first-order valence-corrected chi connectivity index (χ1v) is 11.7. The number of benzene rings is 1. The summed E-state index contributed by atoms with van der Waals surface area (Å²) in [7, 11) is -3.71. The van der Waals surface area contributed by atoms with Crippen LogP contribution in [0.15, 0.2) is 29.3 Å². The molecule has 3 aromatic rings. The molecule has 1 aromatic carbocycles. The third kappa shape index (κ3) is 4.77. The molecule has 0 aliphatic rings. The molecule has 0 spiro atoms. The number of carbonyl (C=O) groups is 1. The third-order valence-corrected chi connectivity index (χ3v) is 7.63. The summed E-state index contributed by atoms with van der Waals surface area (Å²) in [6.45, 7) is 9.95. The summed E-state index contributed by atoms with van der Waals surface area (Å²) in [6, 6.07) is 5.64. The normalized spacial score (nSPS) is 11.8. The first-order chi connectivity index (χ1) is 14.6. The summed E-state index contributed by atoms with van der Waals surface area (Å²) in [5.41, 5.74) is 5.31. The molecule has 2 N–H and O–H groups in total. The Morgan fingerprint density at radius 1 is 0.935 bits per heavy atom. The predicted molar refractivity (Wildman–Crippen MR) is 120 cm³/mol. The van der Waals surface area contributed by atoms with Crippen molar-refractivity contribution in [2.75, 3.05) is 13.1 Å². The van der Waals surface area contributed by atoms with Gasteiger partial charge in [-0.2, -0.15) is 0 Å². The molecule has 0 fully saturated rings. The number of carbonyl (C=O) groups excluding carboxylic acids is 1. The van der Waals surface area contributed by atoms with Crippen molar-refractivity contribution >= 4 is 21.6 Å². The molecule has 0 saturated heterocycles. The lowest BCUT2D eigenvalue weighted by Crippen LogP contribution is -2.32. The highest BCUT2D eigenvalue weighted by atomic mass is 32.2. The average Bonchev–Trinajstić information content (AvgIpc) is 3.14. The van der Waals surface area contributed by atoms with E-state index in [0.717, 1.165) is 39.3 Å². The van der Waals surface area contributed by atoms with E-state index in [1.807, 2.05) is 63.4 Å². The summed E-state index contributed by atoms with van der Waals surface area (Å²) in [5, 5.41) is 11.0. The Labute approximate surface area is 183 Å². The van der Waals surface area contributed by atoms with Gasteiger partial charge >= 0.3 is 0 Å². The summed E-state index contributed by atoms with van der Waals surface area (Å²) in [5.74, 6) is 0.536. The molecule has 166 valence electrons. The lowest BCUT2D eigenvalue weighted by molar-refractivity contribution is -0.120. The molecule has 0 radical (unpaired) electrons. The third-order valence-electron chi connectivity index (χ3n) is 5.90. The standard InChI is InChI=1S/C22H29N5O3S/c1-14-15(2)17(4)22(18(5)16(14)3)31(29,30)24-12-10-21(28)23-11-9-20-26-25-19-8-6-7-13-27(19)20/h6-8,13,24H,9-12H2,1-5H3,(H,23,28). The molecular formula is C22H29N5O3S. The van der Waals surface area contributed by atoms with Crippen LogP contribution in [0.3, 0.4) is 0 Å². The number of hydrogen-bond acceptors (Lipinski definition) is 5.